The second-order valence-corrected chi connectivity index (χ2v) is 5.88. The molecule has 1 aromatic heterocycles. The molecule has 0 saturated carbocycles. The molecule has 0 saturated heterocycles. The van der Waals surface area contributed by atoms with E-state index < -0.39 is 0 Å². The first-order valence-electron chi connectivity index (χ1n) is 6.54. The number of benzene rings is 1. The van der Waals surface area contributed by atoms with Crippen LogP contribution < -0.4 is 15.2 Å². The zero-order valence-electron chi connectivity index (χ0n) is 12.1. The van der Waals surface area contributed by atoms with E-state index in [0.717, 1.165) is 34.2 Å². The number of hydrogen-bond acceptors (Lipinski definition) is 5. The highest BCUT2D eigenvalue weighted by atomic mass is 32.1. The van der Waals surface area contributed by atoms with Crippen molar-refractivity contribution in [2.24, 2.45) is 5.73 Å². The average Bonchev–Trinajstić information content (AvgIpc) is 2.82. The van der Waals surface area contributed by atoms with Gasteiger partial charge in [-0.15, -0.1) is 11.3 Å². The predicted molar refractivity (Wildman–Crippen MR) is 81.5 cm³/mol. The maximum absolute atomic E-state index is 5.83. The lowest BCUT2D eigenvalue weighted by molar-refractivity contribution is 0.281. The van der Waals surface area contributed by atoms with Crippen molar-refractivity contribution in [3.8, 4) is 11.5 Å². The van der Waals surface area contributed by atoms with Gasteiger partial charge >= 0.3 is 0 Å². The van der Waals surface area contributed by atoms with E-state index in [2.05, 4.69) is 4.98 Å². The number of aromatic nitrogens is 1. The zero-order chi connectivity index (χ0) is 14.5. The van der Waals surface area contributed by atoms with Gasteiger partial charge in [0.2, 0.25) is 0 Å². The fourth-order valence-electron chi connectivity index (χ4n) is 1.96. The Labute approximate surface area is 123 Å². The number of thiazole rings is 1. The minimum atomic E-state index is 0.123. The lowest BCUT2D eigenvalue weighted by Crippen LogP contribution is -2.17. The summed E-state index contributed by atoms with van der Waals surface area (Å²) in [6.07, 6.45) is 0.816. The summed E-state index contributed by atoms with van der Waals surface area (Å²) in [7, 11) is 1.64. The molecule has 2 N–H and O–H groups in total. The first-order chi connectivity index (χ1) is 9.58. The highest BCUT2D eigenvalue weighted by molar-refractivity contribution is 7.09. The van der Waals surface area contributed by atoms with Crippen molar-refractivity contribution in [3.63, 3.8) is 0 Å². The van der Waals surface area contributed by atoms with Crippen LogP contribution in [0.4, 0.5) is 0 Å². The highest BCUT2D eigenvalue weighted by Gasteiger charge is 2.08. The molecule has 0 aliphatic rings. The van der Waals surface area contributed by atoms with Gasteiger partial charge in [0.15, 0.2) is 11.5 Å². The molecule has 0 bridgehead atoms. The number of aryl methyl sites for hydroxylation is 1. The summed E-state index contributed by atoms with van der Waals surface area (Å²) >= 11 is 1.62. The van der Waals surface area contributed by atoms with E-state index in [-0.39, 0.29) is 6.04 Å². The van der Waals surface area contributed by atoms with Crippen molar-refractivity contribution in [2.75, 3.05) is 7.11 Å². The third kappa shape index (κ3) is 3.95. The molecular weight excluding hydrogens is 272 g/mol. The molecular formula is C15H20N2O2S. The standard InChI is InChI=1S/C15H20N2O2S/c1-10(16)6-12-4-5-14(18-3)15(7-12)19-8-13-9-20-11(2)17-13/h4-5,7,9-10H,6,8,16H2,1-3H3. The minimum Gasteiger partial charge on any atom is -0.493 e. The molecule has 2 rings (SSSR count). The third-order valence-electron chi connectivity index (χ3n) is 2.83. The monoisotopic (exact) mass is 292 g/mol. The molecule has 1 heterocycles. The topological polar surface area (TPSA) is 57.4 Å². The molecule has 4 nitrogen and oxygen atoms in total. The Hall–Kier alpha value is -1.59. The molecule has 1 unspecified atom stereocenters. The maximum atomic E-state index is 5.83. The second kappa shape index (κ2) is 6.72. The second-order valence-electron chi connectivity index (χ2n) is 4.81. The zero-order valence-corrected chi connectivity index (χ0v) is 12.9. The Morgan fingerprint density at radius 1 is 1.35 bits per heavy atom. The fourth-order valence-corrected chi connectivity index (χ4v) is 2.56. The summed E-state index contributed by atoms with van der Waals surface area (Å²) in [6, 6.07) is 6.04. The van der Waals surface area contributed by atoms with Crippen LogP contribution in [0.15, 0.2) is 23.6 Å². The van der Waals surface area contributed by atoms with E-state index in [4.69, 9.17) is 15.2 Å². The largest absolute Gasteiger partial charge is 0.493 e. The number of ether oxygens (including phenoxy) is 2. The SMILES string of the molecule is COc1ccc(CC(C)N)cc1OCc1csc(C)n1. The summed E-state index contributed by atoms with van der Waals surface area (Å²) in [5.41, 5.74) is 7.91. The molecule has 5 heteroatoms. The van der Waals surface area contributed by atoms with Gasteiger partial charge in [-0.1, -0.05) is 6.07 Å². The summed E-state index contributed by atoms with van der Waals surface area (Å²) in [4.78, 5) is 4.38. The minimum absolute atomic E-state index is 0.123. The maximum Gasteiger partial charge on any atom is 0.162 e. The Morgan fingerprint density at radius 3 is 2.75 bits per heavy atom. The summed E-state index contributed by atoms with van der Waals surface area (Å²) in [5.74, 6) is 1.46. The average molecular weight is 292 g/mol. The summed E-state index contributed by atoms with van der Waals surface area (Å²) in [6.45, 7) is 4.42. The Kier molecular flexibility index (Phi) is 4.98. The smallest absolute Gasteiger partial charge is 0.162 e. The van der Waals surface area contributed by atoms with Crippen molar-refractivity contribution in [1.29, 1.82) is 0 Å². The normalized spacial score (nSPS) is 12.2. The molecule has 1 atom stereocenters. The molecule has 2 aromatic rings. The molecule has 0 fully saturated rings. The van der Waals surface area contributed by atoms with Crippen LogP contribution in [0, 0.1) is 6.92 Å². The van der Waals surface area contributed by atoms with Crippen LogP contribution in [0.1, 0.15) is 23.2 Å². The van der Waals surface area contributed by atoms with Crippen molar-refractivity contribution < 1.29 is 9.47 Å². The molecule has 1 aromatic carbocycles. The van der Waals surface area contributed by atoms with Crippen LogP contribution in [-0.4, -0.2) is 18.1 Å². The van der Waals surface area contributed by atoms with Gasteiger partial charge in [-0.25, -0.2) is 4.98 Å². The Morgan fingerprint density at radius 2 is 2.15 bits per heavy atom. The summed E-state index contributed by atoms with van der Waals surface area (Å²) < 4.78 is 11.2. The molecule has 0 amide bonds. The van der Waals surface area contributed by atoms with Gasteiger partial charge in [0, 0.05) is 11.4 Å². The predicted octanol–water partition coefficient (Wildman–Crippen LogP) is 2.93. The lowest BCUT2D eigenvalue weighted by atomic mass is 10.1. The van der Waals surface area contributed by atoms with Crippen molar-refractivity contribution in [3.05, 3.63) is 39.8 Å². The van der Waals surface area contributed by atoms with Gasteiger partial charge in [-0.05, 0) is 38.0 Å². The number of nitrogens with zero attached hydrogens (tertiary/aromatic N) is 1. The number of hydrogen-bond donors (Lipinski definition) is 1. The fraction of sp³-hybridized carbons (Fsp3) is 0.400. The number of nitrogens with two attached hydrogens (primary N) is 1. The van der Waals surface area contributed by atoms with Crippen LogP contribution in [0.2, 0.25) is 0 Å². The van der Waals surface area contributed by atoms with E-state index in [0.29, 0.717) is 6.61 Å². The Balaban J connectivity index is 2.11. The van der Waals surface area contributed by atoms with Crippen molar-refractivity contribution in [1.82, 2.24) is 4.98 Å². The van der Waals surface area contributed by atoms with Crippen molar-refractivity contribution >= 4 is 11.3 Å². The molecule has 0 radical (unpaired) electrons. The van der Waals surface area contributed by atoms with Crippen molar-refractivity contribution in [2.45, 2.75) is 32.9 Å². The van der Waals surface area contributed by atoms with Crippen LogP contribution in [0.3, 0.4) is 0 Å². The quantitative estimate of drug-likeness (QED) is 0.889. The van der Waals surface area contributed by atoms with Gasteiger partial charge in [-0.3, -0.25) is 0 Å². The van der Waals surface area contributed by atoms with Crippen LogP contribution in [0.25, 0.3) is 0 Å². The first-order valence-corrected chi connectivity index (χ1v) is 7.42. The van der Waals surface area contributed by atoms with E-state index in [1.807, 2.05) is 37.4 Å². The van der Waals surface area contributed by atoms with Gasteiger partial charge in [0.25, 0.3) is 0 Å². The third-order valence-corrected chi connectivity index (χ3v) is 3.65. The Bertz CT molecular complexity index is 567. The molecule has 0 aliphatic carbocycles. The molecule has 108 valence electrons. The molecule has 0 spiro atoms. The van der Waals surface area contributed by atoms with Crippen LogP contribution in [-0.2, 0) is 13.0 Å². The van der Waals surface area contributed by atoms with E-state index in [1.54, 1.807) is 18.4 Å². The van der Waals surface area contributed by atoms with Gasteiger partial charge < -0.3 is 15.2 Å². The number of rotatable bonds is 6. The summed E-state index contributed by atoms with van der Waals surface area (Å²) in [5, 5.41) is 3.05. The van der Waals surface area contributed by atoms with Crippen LogP contribution in [0.5, 0.6) is 11.5 Å². The number of methoxy groups -OCH3 is 1. The van der Waals surface area contributed by atoms with Crippen LogP contribution >= 0.6 is 11.3 Å². The molecule has 20 heavy (non-hydrogen) atoms. The lowest BCUT2D eigenvalue weighted by Gasteiger charge is -2.12. The van der Waals surface area contributed by atoms with Gasteiger partial charge in [0.1, 0.15) is 6.61 Å². The van der Waals surface area contributed by atoms with E-state index >= 15 is 0 Å². The van der Waals surface area contributed by atoms with Gasteiger partial charge in [0.05, 0.1) is 17.8 Å². The van der Waals surface area contributed by atoms with E-state index in [9.17, 15) is 0 Å². The highest BCUT2D eigenvalue weighted by Crippen LogP contribution is 2.29. The van der Waals surface area contributed by atoms with Gasteiger partial charge in [-0.2, -0.15) is 0 Å². The molecule has 0 aliphatic heterocycles. The van der Waals surface area contributed by atoms with E-state index in [1.165, 1.54) is 0 Å². The first kappa shape index (κ1) is 14.8.